The molecule has 0 aliphatic heterocycles. The van der Waals surface area contributed by atoms with E-state index in [4.69, 9.17) is 5.11 Å². The van der Waals surface area contributed by atoms with Crippen LogP contribution in [0.1, 0.15) is 49.8 Å². The van der Waals surface area contributed by atoms with Crippen LogP contribution in [0.5, 0.6) is 0 Å². The number of nitrogens with zero attached hydrogens (tertiary/aromatic N) is 3. The maximum absolute atomic E-state index is 11.0. The number of carboxylic acids is 1. The minimum Gasteiger partial charge on any atom is -0.481 e. The van der Waals surface area contributed by atoms with Crippen LogP contribution >= 0.6 is 0 Å². The molecular weight excluding hydrogens is 254 g/mol. The molecule has 1 aromatic rings. The Labute approximate surface area is 118 Å². The second-order valence-corrected chi connectivity index (χ2v) is 7.01. The SMILES string of the molecule is Cc1nc(CC(=O)O)n(C2C3CC4CC(C3)CC2C4)n1. The molecule has 1 heterocycles. The summed E-state index contributed by atoms with van der Waals surface area (Å²) in [5, 5.41) is 13.6. The molecule has 0 radical (unpaired) electrons. The highest BCUT2D eigenvalue weighted by Gasteiger charge is 2.49. The molecule has 0 unspecified atom stereocenters. The van der Waals surface area contributed by atoms with Crippen LogP contribution < -0.4 is 0 Å². The third-order valence-electron chi connectivity index (χ3n) is 5.58. The molecule has 4 aliphatic carbocycles. The Morgan fingerprint density at radius 1 is 1.20 bits per heavy atom. The zero-order chi connectivity index (χ0) is 13.9. The highest BCUT2D eigenvalue weighted by atomic mass is 16.4. The number of aryl methyl sites for hydroxylation is 1. The van der Waals surface area contributed by atoms with Crippen LogP contribution in [-0.2, 0) is 11.2 Å². The van der Waals surface area contributed by atoms with Crippen LogP contribution in [0.2, 0.25) is 0 Å². The van der Waals surface area contributed by atoms with E-state index < -0.39 is 5.97 Å². The summed E-state index contributed by atoms with van der Waals surface area (Å²) in [5.41, 5.74) is 0. The molecule has 0 saturated heterocycles. The summed E-state index contributed by atoms with van der Waals surface area (Å²) in [6, 6.07) is 0.401. The van der Waals surface area contributed by atoms with Crippen molar-refractivity contribution in [2.75, 3.05) is 0 Å². The first-order valence-electron chi connectivity index (χ1n) is 7.74. The van der Waals surface area contributed by atoms with Crippen molar-refractivity contribution in [2.24, 2.45) is 23.7 Å². The van der Waals surface area contributed by atoms with Gasteiger partial charge in [0.25, 0.3) is 0 Å². The van der Waals surface area contributed by atoms with E-state index in [0.717, 1.165) is 11.8 Å². The lowest BCUT2D eigenvalue weighted by Crippen LogP contribution is -2.46. The van der Waals surface area contributed by atoms with E-state index in [1.54, 1.807) is 0 Å². The molecule has 4 aliphatic rings. The molecule has 5 nitrogen and oxygen atoms in total. The average molecular weight is 275 g/mol. The van der Waals surface area contributed by atoms with Crippen LogP contribution in [0.3, 0.4) is 0 Å². The first-order valence-corrected chi connectivity index (χ1v) is 7.74. The summed E-state index contributed by atoms with van der Waals surface area (Å²) in [6.07, 6.45) is 6.65. The van der Waals surface area contributed by atoms with Crippen molar-refractivity contribution in [2.45, 2.75) is 51.5 Å². The van der Waals surface area contributed by atoms with Crippen molar-refractivity contribution >= 4 is 5.97 Å². The molecule has 0 aromatic carbocycles. The maximum atomic E-state index is 11.0. The summed E-state index contributed by atoms with van der Waals surface area (Å²) in [7, 11) is 0. The zero-order valence-electron chi connectivity index (χ0n) is 11.8. The Morgan fingerprint density at radius 2 is 1.80 bits per heavy atom. The van der Waals surface area contributed by atoms with Gasteiger partial charge in [-0.05, 0) is 62.7 Å². The predicted molar refractivity (Wildman–Crippen MR) is 72.2 cm³/mol. The Balaban J connectivity index is 1.69. The van der Waals surface area contributed by atoms with E-state index in [0.29, 0.717) is 29.5 Å². The monoisotopic (exact) mass is 275 g/mol. The number of hydrogen-bond acceptors (Lipinski definition) is 3. The molecule has 5 rings (SSSR count). The molecule has 4 bridgehead atoms. The van der Waals surface area contributed by atoms with Crippen molar-refractivity contribution in [1.29, 1.82) is 0 Å². The standard InChI is InChI=1S/C15H21N3O2/c1-8-16-13(7-14(19)20)18(17-8)15-11-3-9-2-10(5-11)6-12(15)4-9/h9-12,15H,2-7H2,1H3,(H,19,20). The quantitative estimate of drug-likeness (QED) is 0.918. The predicted octanol–water partition coefficient (Wildman–Crippen LogP) is 2.21. The van der Waals surface area contributed by atoms with E-state index in [1.807, 2.05) is 11.6 Å². The second-order valence-electron chi connectivity index (χ2n) is 7.01. The van der Waals surface area contributed by atoms with E-state index in [9.17, 15) is 4.79 Å². The van der Waals surface area contributed by atoms with Crippen molar-refractivity contribution in [3.05, 3.63) is 11.6 Å². The largest absolute Gasteiger partial charge is 0.481 e. The normalized spacial score (nSPS) is 38.4. The van der Waals surface area contributed by atoms with Crippen molar-refractivity contribution in [3.63, 3.8) is 0 Å². The van der Waals surface area contributed by atoms with Crippen LogP contribution in [0, 0.1) is 30.6 Å². The number of hydrogen-bond donors (Lipinski definition) is 1. The fourth-order valence-corrected chi connectivity index (χ4v) is 5.26. The summed E-state index contributed by atoms with van der Waals surface area (Å²) in [5.74, 6) is 3.76. The van der Waals surface area contributed by atoms with Crippen molar-refractivity contribution < 1.29 is 9.90 Å². The molecular formula is C15H21N3O2. The van der Waals surface area contributed by atoms with E-state index in [1.165, 1.54) is 32.1 Å². The Hall–Kier alpha value is -1.39. The Bertz CT molecular complexity index is 523. The summed E-state index contributed by atoms with van der Waals surface area (Å²) in [4.78, 5) is 15.4. The lowest BCUT2D eigenvalue weighted by molar-refractivity contribution is -0.136. The molecule has 0 amide bonds. The number of carbonyl (C=O) groups is 1. The number of carboxylic acid groups (broad SMARTS) is 1. The summed E-state index contributed by atoms with van der Waals surface area (Å²) < 4.78 is 1.98. The van der Waals surface area contributed by atoms with Gasteiger partial charge in [-0.25, -0.2) is 9.67 Å². The van der Waals surface area contributed by atoms with Gasteiger partial charge >= 0.3 is 5.97 Å². The zero-order valence-corrected chi connectivity index (χ0v) is 11.8. The van der Waals surface area contributed by atoms with Crippen molar-refractivity contribution in [1.82, 2.24) is 14.8 Å². The third kappa shape index (κ3) is 1.86. The lowest BCUT2D eigenvalue weighted by atomic mass is 9.54. The third-order valence-corrected chi connectivity index (χ3v) is 5.58. The van der Waals surface area contributed by atoms with Crippen LogP contribution in [0.4, 0.5) is 0 Å². The molecule has 0 spiro atoms. The van der Waals surface area contributed by atoms with Crippen LogP contribution in [0.25, 0.3) is 0 Å². The van der Waals surface area contributed by atoms with Crippen molar-refractivity contribution in [3.8, 4) is 0 Å². The van der Waals surface area contributed by atoms with E-state index in [-0.39, 0.29) is 6.42 Å². The molecule has 4 fully saturated rings. The van der Waals surface area contributed by atoms with Gasteiger partial charge < -0.3 is 5.11 Å². The number of rotatable bonds is 3. The van der Waals surface area contributed by atoms with Gasteiger partial charge in [0, 0.05) is 0 Å². The minimum atomic E-state index is -0.817. The molecule has 20 heavy (non-hydrogen) atoms. The fourth-order valence-electron chi connectivity index (χ4n) is 5.26. The molecule has 5 heteroatoms. The van der Waals surface area contributed by atoms with E-state index >= 15 is 0 Å². The van der Waals surface area contributed by atoms with E-state index in [2.05, 4.69) is 10.1 Å². The maximum Gasteiger partial charge on any atom is 0.311 e. The average Bonchev–Trinajstić information content (AvgIpc) is 2.67. The molecule has 1 aromatic heterocycles. The van der Waals surface area contributed by atoms with Crippen LogP contribution in [-0.4, -0.2) is 25.8 Å². The first-order chi connectivity index (χ1) is 9.60. The fraction of sp³-hybridized carbons (Fsp3) is 0.800. The topological polar surface area (TPSA) is 68.0 Å². The number of aromatic nitrogens is 3. The van der Waals surface area contributed by atoms with Gasteiger partial charge in [-0.1, -0.05) is 0 Å². The summed E-state index contributed by atoms with van der Waals surface area (Å²) >= 11 is 0. The van der Waals surface area contributed by atoms with Gasteiger partial charge in [-0.2, -0.15) is 5.10 Å². The minimum absolute atomic E-state index is 0.0103. The highest BCUT2D eigenvalue weighted by molar-refractivity contribution is 5.69. The van der Waals surface area contributed by atoms with Gasteiger partial charge in [0.2, 0.25) is 0 Å². The number of aliphatic carboxylic acids is 1. The first kappa shape index (κ1) is 12.4. The van der Waals surface area contributed by atoms with Crippen LogP contribution in [0.15, 0.2) is 0 Å². The van der Waals surface area contributed by atoms with Gasteiger partial charge in [-0.3, -0.25) is 4.79 Å². The van der Waals surface area contributed by atoms with Gasteiger partial charge in [0.05, 0.1) is 6.04 Å². The lowest BCUT2D eigenvalue weighted by Gasteiger charge is -2.54. The van der Waals surface area contributed by atoms with Gasteiger partial charge in [0.15, 0.2) is 0 Å². The molecule has 0 atom stereocenters. The van der Waals surface area contributed by atoms with Gasteiger partial charge in [-0.15, -0.1) is 0 Å². The van der Waals surface area contributed by atoms with Gasteiger partial charge in [0.1, 0.15) is 18.1 Å². The molecule has 4 saturated carbocycles. The highest BCUT2D eigenvalue weighted by Crippen LogP contribution is 2.58. The second kappa shape index (κ2) is 4.30. The Kier molecular flexibility index (Phi) is 2.66. The molecule has 1 N–H and O–H groups in total. The Morgan fingerprint density at radius 3 is 2.35 bits per heavy atom. The smallest absolute Gasteiger partial charge is 0.311 e. The molecule has 108 valence electrons. The summed E-state index contributed by atoms with van der Waals surface area (Å²) in [6.45, 7) is 1.86.